The van der Waals surface area contributed by atoms with E-state index in [1.54, 1.807) is 0 Å². The lowest BCUT2D eigenvalue weighted by molar-refractivity contribution is 0.104. The molecule has 0 fully saturated rings. The molecule has 1 aromatic heterocycles. The zero-order valence-corrected chi connectivity index (χ0v) is 9.27. The van der Waals surface area contributed by atoms with E-state index in [9.17, 15) is 0 Å². The van der Waals surface area contributed by atoms with Gasteiger partial charge in [0.25, 0.3) is 5.89 Å². The van der Waals surface area contributed by atoms with Crippen LogP contribution < -0.4 is 5.73 Å². The van der Waals surface area contributed by atoms with Crippen molar-refractivity contribution in [3.63, 3.8) is 0 Å². The number of likely N-dealkylation sites (N-methyl/N-ethyl adjacent to an activating group) is 1. The number of nitrogens with two attached hydrogens (primary N) is 1. The van der Waals surface area contributed by atoms with Gasteiger partial charge in [0.2, 0.25) is 0 Å². The lowest BCUT2D eigenvalue weighted by Gasteiger charge is -2.05. The highest BCUT2D eigenvalue weighted by Gasteiger charge is 2.06. The monoisotopic (exact) mass is 214 g/mol. The van der Waals surface area contributed by atoms with Gasteiger partial charge in [-0.25, -0.2) is 0 Å². The standard InChI is InChI=1S/C9H18N4O2/c1-13(2)5-3-8-11-9(15-12-8)7-14-6-4-10/h3-7,10H2,1-2H3. The number of hydrogen-bond acceptors (Lipinski definition) is 6. The summed E-state index contributed by atoms with van der Waals surface area (Å²) in [5.41, 5.74) is 5.28. The molecule has 0 aromatic carbocycles. The maximum absolute atomic E-state index is 5.28. The van der Waals surface area contributed by atoms with Crippen LogP contribution in [0, 0.1) is 0 Å². The third-order valence-corrected chi connectivity index (χ3v) is 1.78. The lowest BCUT2D eigenvalue weighted by atomic mass is 10.4. The molecule has 6 heteroatoms. The quantitative estimate of drug-likeness (QED) is 0.625. The first kappa shape index (κ1) is 12.1. The van der Waals surface area contributed by atoms with E-state index in [2.05, 4.69) is 15.0 Å². The van der Waals surface area contributed by atoms with E-state index in [0.29, 0.717) is 25.6 Å². The minimum atomic E-state index is 0.339. The summed E-state index contributed by atoms with van der Waals surface area (Å²) in [7, 11) is 4.01. The van der Waals surface area contributed by atoms with Crippen LogP contribution in [0.5, 0.6) is 0 Å². The normalized spacial score (nSPS) is 11.2. The summed E-state index contributed by atoms with van der Waals surface area (Å²) in [6.45, 7) is 2.26. The summed E-state index contributed by atoms with van der Waals surface area (Å²) >= 11 is 0. The number of aromatic nitrogens is 2. The minimum absolute atomic E-state index is 0.339. The summed E-state index contributed by atoms with van der Waals surface area (Å²) in [6.07, 6.45) is 0.785. The smallest absolute Gasteiger partial charge is 0.252 e. The van der Waals surface area contributed by atoms with Crippen LogP contribution in [0.25, 0.3) is 0 Å². The predicted octanol–water partition coefficient (Wildman–Crippen LogP) is -0.351. The van der Waals surface area contributed by atoms with Crippen LogP contribution in [0.4, 0.5) is 0 Å². The van der Waals surface area contributed by atoms with Gasteiger partial charge >= 0.3 is 0 Å². The van der Waals surface area contributed by atoms with Gasteiger partial charge in [-0.15, -0.1) is 0 Å². The van der Waals surface area contributed by atoms with Crippen molar-refractivity contribution < 1.29 is 9.26 Å². The Balaban J connectivity index is 2.29. The topological polar surface area (TPSA) is 77.4 Å². The van der Waals surface area contributed by atoms with E-state index in [1.165, 1.54) is 0 Å². The fraction of sp³-hybridized carbons (Fsp3) is 0.778. The molecule has 1 rings (SSSR count). The second kappa shape index (κ2) is 6.49. The molecule has 2 N–H and O–H groups in total. The van der Waals surface area contributed by atoms with Gasteiger partial charge in [-0.2, -0.15) is 4.98 Å². The summed E-state index contributed by atoms with van der Waals surface area (Å²) in [6, 6.07) is 0. The van der Waals surface area contributed by atoms with Crippen molar-refractivity contribution in [3.8, 4) is 0 Å². The Labute approximate surface area is 89.4 Å². The van der Waals surface area contributed by atoms with Gasteiger partial charge in [0.05, 0.1) is 6.61 Å². The van der Waals surface area contributed by atoms with Crippen LogP contribution in [0.3, 0.4) is 0 Å². The first-order valence-electron chi connectivity index (χ1n) is 4.96. The highest BCUT2D eigenvalue weighted by Crippen LogP contribution is 2.00. The third-order valence-electron chi connectivity index (χ3n) is 1.78. The van der Waals surface area contributed by atoms with Gasteiger partial charge in [-0.1, -0.05) is 5.16 Å². The Morgan fingerprint density at radius 1 is 1.47 bits per heavy atom. The Kier molecular flexibility index (Phi) is 5.23. The van der Waals surface area contributed by atoms with Crippen LogP contribution >= 0.6 is 0 Å². The Morgan fingerprint density at radius 2 is 2.27 bits per heavy atom. The molecule has 0 aliphatic carbocycles. The van der Waals surface area contributed by atoms with E-state index in [4.69, 9.17) is 15.0 Å². The van der Waals surface area contributed by atoms with Crippen LogP contribution in [-0.2, 0) is 17.8 Å². The molecule has 15 heavy (non-hydrogen) atoms. The van der Waals surface area contributed by atoms with Crippen molar-refractivity contribution in [1.82, 2.24) is 15.0 Å². The average molecular weight is 214 g/mol. The van der Waals surface area contributed by atoms with Crippen molar-refractivity contribution >= 4 is 0 Å². The van der Waals surface area contributed by atoms with Crippen LogP contribution in [0.2, 0.25) is 0 Å². The first-order valence-corrected chi connectivity index (χ1v) is 4.96. The van der Waals surface area contributed by atoms with E-state index in [-0.39, 0.29) is 0 Å². The van der Waals surface area contributed by atoms with Gasteiger partial charge in [0, 0.05) is 19.5 Å². The molecule has 0 atom stereocenters. The Hall–Kier alpha value is -0.980. The number of ether oxygens (including phenoxy) is 1. The van der Waals surface area contributed by atoms with Gasteiger partial charge < -0.3 is 19.9 Å². The second-order valence-electron chi connectivity index (χ2n) is 3.50. The van der Waals surface area contributed by atoms with Gasteiger partial charge in [-0.05, 0) is 14.1 Å². The molecule has 0 unspecified atom stereocenters. The molecule has 6 nitrogen and oxygen atoms in total. The SMILES string of the molecule is CN(C)CCc1noc(COCCN)n1. The van der Waals surface area contributed by atoms with E-state index < -0.39 is 0 Å². The average Bonchev–Trinajstić information content (AvgIpc) is 2.63. The molecular weight excluding hydrogens is 196 g/mol. The first-order chi connectivity index (χ1) is 7.22. The zero-order chi connectivity index (χ0) is 11.1. The van der Waals surface area contributed by atoms with Crippen molar-refractivity contribution in [3.05, 3.63) is 11.7 Å². The number of hydrogen-bond donors (Lipinski definition) is 1. The van der Waals surface area contributed by atoms with E-state index in [0.717, 1.165) is 18.8 Å². The fourth-order valence-corrected chi connectivity index (χ4v) is 1.02. The van der Waals surface area contributed by atoms with Gasteiger partial charge in [0.1, 0.15) is 6.61 Å². The predicted molar refractivity (Wildman–Crippen MR) is 55.3 cm³/mol. The molecule has 0 amide bonds. The van der Waals surface area contributed by atoms with Crippen molar-refractivity contribution in [2.75, 3.05) is 33.8 Å². The van der Waals surface area contributed by atoms with Crippen molar-refractivity contribution in [1.29, 1.82) is 0 Å². The zero-order valence-electron chi connectivity index (χ0n) is 9.27. The lowest BCUT2D eigenvalue weighted by Crippen LogP contribution is -2.15. The molecule has 0 bridgehead atoms. The highest BCUT2D eigenvalue weighted by molar-refractivity contribution is 4.85. The maximum Gasteiger partial charge on any atom is 0.252 e. The number of rotatable bonds is 7. The molecule has 1 heterocycles. The molecule has 0 aliphatic heterocycles. The molecule has 0 saturated carbocycles. The highest BCUT2D eigenvalue weighted by atomic mass is 16.5. The summed E-state index contributed by atoms with van der Waals surface area (Å²) in [4.78, 5) is 6.25. The molecule has 0 spiro atoms. The molecule has 1 aromatic rings. The summed E-state index contributed by atoms with van der Waals surface area (Å²) in [5, 5.41) is 3.84. The number of nitrogens with zero attached hydrogens (tertiary/aromatic N) is 3. The van der Waals surface area contributed by atoms with Gasteiger partial charge in [-0.3, -0.25) is 0 Å². The minimum Gasteiger partial charge on any atom is -0.370 e. The Bertz CT molecular complexity index is 275. The Morgan fingerprint density at radius 3 is 2.93 bits per heavy atom. The van der Waals surface area contributed by atoms with Crippen molar-refractivity contribution in [2.24, 2.45) is 5.73 Å². The molecule has 0 radical (unpaired) electrons. The molecule has 0 saturated heterocycles. The largest absolute Gasteiger partial charge is 0.370 e. The van der Waals surface area contributed by atoms with Crippen LogP contribution in [0.1, 0.15) is 11.7 Å². The van der Waals surface area contributed by atoms with E-state index >= 15 is 0 Å². The molecule has 0 aliphatic rings. The maximum atomic E-state index is 5.28. The summed E-state index contributed by atoms with van der Waals surface area (Å²) < 4.78 is 10.2. The van der Waals surface area contributed by atoms with Crippen LogP contribution in [-0.4, -0.2) is 48.8 Å². The van der Waals surface area contributed by atoms with E-state index in [1.807, 2.05) is 14.1 Å². The summed E-state index contributed by atoms with van der Waals surface area (Å²) in [5.74, 6) is 1.23. The fourth-order valence-electron chi connectivity index (χ4n) is 1.02. The van der Waals surface area contributed by atoms with Gasteiger partial charge in [0.15, 0.2) is 5.82 Å². The molecular formula is C9H18N4O2. The third kappa shape index (κ3) is 4.87. The molecule has 86 valence electrons. The van der Waals surface area contributed by atoms with Crippen molar-refractivity contribution in [2.45, 2.75) is 13.0 Å². The second-order valence-corrected chi connectivity index (χ2v) is 3.50. The van der Waals surface area contributed by atoms with Crippen LogP contribution in [0.15, 0.2) is 4.52 Å².